The topological polar surface area (TPSA) is 50.8 Å². The maximum atomic E-state index is 9.75. The molecule has 0 N–H and O–H groups in total. The van der Waals surface area contributed by atoms with Crippen LogP contribution in [0.2, 0.25) is 0 Å². The van der Waals surface area contributed by atoms with Crippen molar-refractivity contribution in [3.05, 3.63) is 111 Å². The largest absolute Gasteiger partial charge is 0.487 e. The minimum absolute atomic E-state index is 0.449. The van der Waals surface area contributed by atoms with Gasteiger partial charge in [-0.05, 0) is 84.1 Å². The number of allylic oxidation sites excluding steroid dienone is 1. The summed E-state index contributed by atoms with van der Waals surface area (Å²) in [7, 11) is 0. The molecule has 0 atom stereocenters. The number of imidazole rings is 1. The Morgan fingerprint density at radius 2 is 1.71 bits per heavy atom. The third kappa shape index (κ3) is 4.63. The summed E-state index contributed by atoms with van der Waals surface area (Å²) in [5, 5.41) is 12.1. The monoisotopic (exact) mass is 571 g/mol. The van der Waals surface area contributed by atoms with Gasteiger partial charge in [-0.2, -0.15) is 5.26 Å². The van der Waals surface area contributed by atoms with E-state index >= 15 is 0 Å². The van der Waals surface area contributed by atoms with Gasteiger partial charge < -0.3 is 9.30 Å². The average Bonchev–Trinajstić information content (AvgIpc) is 3.26. The van der Waals surface area contributed by atoms with Gasteiger partial charge in [-0.3, -0.25) is 0 Å². The van der Waals surface area contributed by atoms with Crippen molar-refractivity contribution in [2.24, 2.45) is 0 Å². The minimum atomic E-state index is 0.449. The number of hydrogen-bond donors (Lipinski definition) is 0. The number of hydrogen-bond acceptors (Lipinski definition) is 3. The first-order valence-corrected chi connectivity index (χ1v) is 12.3. The predicted octanol–water partition coefficient (Wildman–Crippen LogP) is 7.90. The van der Waals surface area contributed by atoms with Crippen LogP contribution in [0, 0.1) is 11.3 Å². The van der Waals surface area contributed by atoms with Crippen molar-refractivity contribution in [2.75, 3.05) is 0 Å². The van der Waals surface area contributed by atoms with Crippen LogP contribution in [0.3, 0.4) is 0 Å². The van der Waals surface area contributed by atoms with E-state index in [1.807, 2.05) is 65.2 Å². The molecule has 0 aliphatic carbocycles. The average molecular weight is 573 g/mol. The van der Waals surface area contributed by atoms with Crippen LogP contribution in [0.25, 0.3) is 27.9 Å². The first-order chi connectivity index (χ1) is 16.6. The van der Waals surface area contributed by atoms with Gasteiger partial charge in [0.15, 0.2) is 0 Å². The molecule has 0 aliphatic heterocycles. The summed E-state index contributed by atoms with van der Waals surface area (Å²) in [6.45, 7) is 0.899. The molecule has 0 radical (unpaired) electrons. The Morgan fingerprint density at radius 3 is 2.53 bits per heavy atom. The molecule has 4 nitrogen and oxygen atoms in total. The van der Waals surface area contributed by atoms with E-state index in [9.17, 15) is 5.26 Å². The first-order valence-electron chi connectivity index (χ1n) is 10.7. The van der Waals surface area contributed by atoms with Gasteiger partial charge in [-0.25, -0.2) is 4.98 Å². The Balaban J connectivity index is 1.37. The van der Waals surface area contributed by atoms with E-state index in [-0.39, 0.29) is 0 Å². The van der Waals surface area contributed by atoms with Gasteiger partial charge >= 0.3 is 0 Å². The van der Waals surface area contributed by atoms with E-state index in [1.165, 1.54) is 10.8 Å². The predicted molar refractivity (Wildman–Crippen MR) is 143 cm³/mol. The van der Waals surface area contributed by atoms with E-state index in [0.717, 1.165) is 36.9 Å². The van der Waals surface area contributed by atoms with Gasteiger partial charge in [0.2, 0.25) is 0 Å². The van der Waals surface area contributed by atoms with Crippen LogP contribution in [0.5, 0.6) is 5.75 Å². The number of ether oxygens (including phenoxy) is 1. The van der Waals surface area contributed by atoms with Gasteiger partial charge in [0.1, 0.15) is 12.4 Å². The second kappa shape index (κ2) is 9.84. The highest BCUT2D eigenvalue weighted by Crippen LogP contribution is 2.36. The number of rotatable bonds is 6. The Labute approximate surface area is 214 Å². The zero-order chi connectivity index (χ0) is 23.5. The summed E-state index contributed by atoms with van der Waals surface area (Å²) < 4.78 is 9.81. The molecule has 0 saturated carbocycles. The molecule has 0 unspecified atom stereocenters. The van der Waals surface area contributed by atoms with Gasteiger partial charge in [-0.1, -0.05) is 54.6 Å². The van der Waals surface area contributed by atoms with Crippen LogP contribution in [0.1, 0.15) is 11.1 Å². The fourth-order valence-electron chi connectivity index (χ4n) is 4.00. The fourth-order valence-corrected chi connectivity index (χ4v) is 5.45. The summed E-state index contributed by atoms with van der Waals surface area (Å²) >= 11 is 7.29. The first kappa shape index (κ1) is 22.4. The van der Waals surface area contributed by atoms with Crippen LogP contribution in [0.4, 0.5) is 0 Å². The van der Waals surface area contributed by atoms with Crippen LogP contribution in [-0.2, 0) is 13.2 Å². The second-order valence-corrected chi connectivity index (χ2v) is 9.59. The number of benzene rings is 4. The molecule has 5 rings (SSSR count). The summed E-state index contributed by atoms with van der Waals surface area (Å²) in [4.78, 5) is 4.41. The molecule has 4 aromatic carbocycles. The number of aromatic nitrogens is 2. The Bertz CT molecular complexity index is 1550. The van der Waals surface area contributed by atoms with Crippen LogP contribution in [0.15, 0.2) is 99.7 Å². The summed E-state index contributed by atoms with van der Waals surface area (Å²) in [6.07, 6.45) is 3.66. The number of halogens is 2. The molecule has 1 heterocycles. The quantitative estimate of drug-likeness (QED) is 0.194. The highest BCUT2D eigenvalue weighted by atomic mass is 79.9. The van der Waals surface area contributed by atoms with Gasteiger partial charge in [0, 0.05) is 5.57 Å². The standard InChI is InChI=1S/C28H19Br2N3O/c29-24-13-19(12-20(15-31)16-33-18-32-26-10-3-4-11-27(26)33)14-25(30)28(24)34-17-22-8-5-7-21-6-1-2-9-23(21)22/h1-14,18H,16-17H2/b20-12-. The van der Waals surface area contributed by atoms with Crippen molar-refractivity contribution < 1.29 is 4.74 Å². The summed E-state index contributed by atoms with van der Waals surface area (Å²) in [5.74, 6) is 0.726. The minimum Gasteiger partial charge on any atom is -0.487 e. The number of para-hydroxylation sites is 2. The highest BCUT2D eigenvalue weighted by molar-refractivity contribution is 9.11. The lowest BCUT2D eigenvalue weighted by molar-refractivity contribution is 0.303. The normalized spacial score (nSPS) is 11.6. The third-order valence-corrected chi connectivity index (χ3v) is 6.80. The lowest BCUT2D eigenvalue weighted by Crippen LogP contribution is -1.99. The van der Waals surface area contributed by atoms with E-state index < -0.39 is 0 Å². The molecular formula is C28H19Br2N3O. The molecule has 1 aromatic heterocycles. The SMILES string of the molecule is N#C/C(=C/c1cc(Br)c(OCc2cccc3ccccc23)c(Br)c1)Cn1cnc2ccccc21. The zero-order valence-electron chi connectivity index (χ0n) is 18.1. The van der Waals surface area contributed by atoms with Gasteiger partial charge in [0.25, 0.3) is 0 Å². The van der Waals surface area contributed by atoms with Crippen LogP contribution >= 0.6 is 31.9 Å². The van der Waals surface area contributed by atoms with Crippen molar-refractivity contribution in [3.63, 3.8) is 0 Å². The molecule has 5 aromatic rings. The van der Waals surface area contributed by atoms with Crippen molar-refractivity contribution in [1.29, 1.82) is 5.26 Å². The molecule has 0 amide bonds. The Hall–Kier alpha value is -3.40. The van der Waals surface area contributed by atoms with Crippen LogP contribution < -0.4 is 4.74 Å². The molecule has 0 saturated heterocycles. The van der Waals surface area contributed by atoms with Crippen molar-refractivity contribution >= 4 is 59.7 Å². The maximum absolute atomic E-state index is 9.75. The fraction of sp³-hybridized carbons (Fsp3) is 0.0714. The third-order valence-electron chi connectivity index (χ3n) is 5.63. The smallest absolute Gasteiger partial charge is 0.148 e. The summed E-state index contributed by atoms with van der Waals surface area (Å²) in [6, 6.07) is 28.7. The molecule has 166 valence electrons. The van der Waals surface area contributed by atoms with E-state index in [0.29, 0.717) is 18.7 Å². The molecule has 0 spiro atoms. The number of nitrogens with zero attached hydrogens (tertiary/aromatic N) is 3. The highest BCUT2D eigenvalue weighted by Gasteiger charge is 2.11. The van der Waals surface area contributed by atoms with E-state index in [1.54, 1.807) is 6.33 Å². The zero-order valence-corrected chi connectivity index (χ0v) is 21.3. The molecule has 34 heavy (non-hydrogen) atoms. The van der Waals surface area contributed by atoms with Crippen molar-refractivity contribution in [1.82, 2.24) is 9.55 Å². The maximum Gasteiger partial charge on any atom is 0.148 e. The summed E-state index contributed by atoms with van der Waals surface area (Å²) in [5.41, 5.74) is 4.57. The molecular weight excluding hydrogens is 554 g/mol. The lowest BCUT2D eigenvalue weighted by atomic mass is 10.1. The lowest BCUT2D eigenvalue weighted by Gasteiger charge is -2.13. The molecule has 6 heteroatoms. The molecule has 0 bridgehead atoms. The second-order valence-electron chi connectivity index (χ2n) is 7.88. The van der Waals surface area contributed by atoms with E-state index in [2.05, 4.69) is 67.2 Å². The Morgan fingerprint density at radius 1 is 0.971 bits per heavy atom. The van der Waals surface area contributed by atoms with E-state index in [4.69, 9.17) is 4.74 Å². The van der Waals surface area contributed by atoms with Gasteiger partial charge in [-0.15, -0.1) is 0 Å². The number of fused-ring (bicyclic) bond motifs is 2. The molecule has 0 aliphatic rings. The van der Waals surface area contributed by atoms with Gasteiger partial charge in [0.05, 0.1) is 38.9 Å². The van der Waals surface area contributed by atoms with Crippen molar-refractivity contribution in [2.45, 2.75) is 13.2 Å². The molecule has 0 fully saturated rings. The number of nitriles is 1. The van der Waals surface area contributed by atoms with Crippen molar-refractivity contribution in [3.8, 4) is 11.8 Å². The van der Waals surface area contributed by atoms with Crippen LogP contribution in [-0.4, -0.2) is 9.55 Å². The Kier molecular flexibility index (Phi) is 6.48.